The zero-order valence-corrected chi connectivity index (χ0v) is 40.6. The van der Waals surface area contributed by atoms with Crippen LogP contribution in [0.4, 0.5) is 0 Å². The van der Waals surface area contributed by atoms with Gasteiger partial charge in [0, 0.05) is 63.5 Å². The van der Waals surface area contributed by atoms with E-state index in [4.69, 9.17) is 34.4 Å². The summed E-state index contributed by atoms with van der Waals surface area (Å²) in [6, 6.07) is 25.2. The Balaban J connectivity index is 0.00000816. The Bertz CT molecular complexity index is 5140. The summed E-state index contributed by atoms with van der Waals surface area (Å²) in [5.41, 5.74) is 1.66. The Morgan fingerprint density at radius 2 is 1.24 bits per heavy atom. The van der Waals surface area contributed by atoms with Crippen molar-refractivity contribution in [2.75, 3.05) is 0 Å². The van der Waals surface area contributed by atoms with E-state index >= 15 is 0 Å². The summed E-state index contributed by atoms with van der Waals surface area (Å²) >= 11 is 0. The van der Waals surface area contributed by atoms with Crippen LogP contribution in [0, 0.1) is 23.9 Å². The van der Waals surface area contributed by atoms with Gasteiger partial charge in [0.25, 0.3) is 6.33 Å². The average Bonchev–Trinajstić information content (AvgIpc) is 1.52. The molecule has 0 saturated heterocycles. The molecule has 0 aliphatic heterocycles. The number of hydrogen-bond donors (Lipinski definition) is 0. The standard InChI is InChI=1S/C65H47N5O.Pt/c1-65(2,3)42-44-36-37-66-63(38-44)70-59-35-32-48(69-57-28-12-10-24-53(57)54-25-11-13-29-58(54)69)40-56(59)55-34-33-50(41-62(55)70)71-49-23-16-22-47(39-49)67-43-68(61-31-15-14-30-60(61)67)64-51(45-18-6-4-7-19-45)26-17-27-52(64)46-20-8-5-9-21-46;/h4-38,40H,42H2,1-3H3;/q-2;/i4D,5D,6D,7D,8D,9D,10D,11D,12D,13D,18D,19D,20D,21D,24D,25D,28D,29D,42D2;. The molecule has 350 valence electrons. The minimum Gasteiger partial charge on any atom is -0.510 e. The normalized spacial score (nSPS) is 15.9. The van der Waals surface area contributed by atoms with Crippen LogP contribution >= 0.6 is 0 Å². The van der Waals surface area contributed by atoms with Crippen LogP contribution in [0.5, 0.6) is 11.5 Å². The molecule has 0 spiro atoms. The number of para-hydroxylation sites is 5. The van der Waals surface area contributed by atoms with E-state index in [1.807, 2.05) is 0 Å². The summed E-state index contributed by atoms with van der Waals surface area (Å²) in [7, 11) is 0. The molecule has 0 fully saturated rings. The molecule has 0 saturated carbocycles. The summed E-state index contributed by atoms with van der Waals surface area (Å²) in [6.07, 6.45) is 3.01. The van der Waals surface area contributed by atoms with Gasteiger partial charge in [-0.15, -0.1) is 29.7 Å². The van der Waals surface area contributed by atoms with E-state index in [9.17, 15) is 2.74 Å². The largest absolute Gasteiger partial charge is 0.510 e. The van der Waals surface area contributed by atoms with Gasteiger partial charge in [0.1, 0.15) is 5.82 Å². The maximum atomic E-state index is 9.24. The van der Waals surface area contributed by atoms with Crippen molar-refractivity contribution >= 4 is 54.6 Å². The fourth-order valence-corrected chi connectivity index (χ4v) is 9.19. The van der Waals surface area contributed by atoms with Crippen molar-refractivity contribution in [3.8, 4) is 56.6 Å². The predicted octanol–water partition coefficient (Wildman–Crippen LogP) is 15.6. The number of imidazole rings is 1. The van der Waals surface area contributed by atoms with Gasteiger partial charge in [-0.3, -0.25) is 4.57 Å². The first kappa shape index (κ1) is 27.9. The van der Waals surface area contributed by atoms with Crippen LogP contribution in [-0.4, -0.2) is 18.7 Å². The summed E-state index contributed by atoms with van der Waals surface area (Å²) in [6.45, 7) is 5.38. The molecule has 72 heavy (non-hydrogen) atoms. The SMILES string of the molecule is [2H]c1c([2H])c([2H])c(-c2cccc(-c3c([2H])c([2H])c([2H])c([2H])c3[2H])c2-[n+]2[c-]n(-c3[c-]c(Oc4[c-]c5c(cc4)c4cc(-n6c7c([2H])c([2H])c([2H])c([2H])c7c7c([2H])c([2H])c([2H])c([2H])c76)ccc4n5-c4cc(C([2H])([2H])C(C)(C)C)ccn4)ccc3)c3ccccc32)c([2H])c1[2H].[Pt]. The van der Waals surface area contributed by atoms with Gasteiger partial charge in [-0.25, -0.2) is 4.98 Å². The second-order valence-electron chi connectivity index (χ2n) is 17.6. The van der Waals surface area contributed by atoms with Crippen molar-refractivity contribution in [3.05, 3.63) is 242 Å². The summed E-state index contributed by atoms with van der Waals surface area (Å²) in [5, 5.41) is 0.933. The molecule has 0 unspecified atom stereocenters. The Hall–Kier alpha value is -8.31. The van der Waals surface area contributed by atoms with Crippen molar-refractivity contribution in [2.45, 2.75) is 27.1 Å². The maximum absolute atomic E-state index is 9.24. The van der Waals surface area contributed by atoms with Crippen LogP contribution in [0.25, 0.3) is 99.8 Å². The first-order chi connectivity index (χ1) is 43.1. The van der Waals surface area contributed by atoms with Gasteiger partial charge in [0.15, 0.2) is 0 Å². The Morgan fingerprint density at radius 1 is 0.583 bits per heavy atom. The molecule has 0 aliphatic rings. The van der Waals surface area contributed by atoms with Crippen LogP contribution < -0.4 is 9.30 Å². The van der Waals surface area contributed by atoms with Crippen LogP contribution in [0.15, 0.2) is 218 Å². The molecule has 0 radical (unpaired) electrons. The smallest absolute Gasteiger partial charge is 0.268 e. The van der Waals surface area contributed by atoms with E-state index < -0.39 is 121 Å². The first-order valence-corrected chi connectivity index (χ1v) is 22.5. The van der Waals surface area contributed by atoms with E-state index in [2.05, 4.69) is 18.5 Å². The fourth-order valence-electron chi connectivity index (χ4n) is 9.19. The molecule has 0 atom stereocenters. The summed E-state index contributed by atoms with van der Waals surface area (Å²) < 4.78 is 190. The topological polar surface area (TPSA) is 40.8 Å². The van der Waals surface area contributed by atoms with Gasteiger partial charge in [-0.1, -0.05) is 165 Å². The third-order valence-electron chi connectivity index (χ3n) is 12.0. The van der Waals surface area contributed by atoms with Crippen LogP contribution in [-0.2, 0) is 27.4 Å². The Labute approximate surface area is 461 Å². The zero-order valence-electron chi connectivity index (χ0n) is 58.4. The molecular weight excluding hydrogens is 1060 g/mol. The fraction of sp³-hybridized carbons (Fsp3) is 0.0769. The average molecular weight is 1130 g/mol. The van der Waals surface area contributed by atoms with Crippen molar-refractivity contribution in [2.24, 2.45) is 5.41 Å². The minimum atomic E-state index is -1.85. The molecular formula is C65H47N5OPt-2. The molecule has 4 heterocycles. The van der Waals surface area contributed by atoms with Crippen LogP contribution in [0.1, 0.15) is 53.7 Å². The van der Waals surface area contributed by atoms with Gasteiger partial charge < -0.3 is 18.4 Å². The van der Waals surface area contributed by atoms with Gasteiger partial charge in [0.2, 0.25) is 0 Å². The van der Waals surface area contributed by atoms with E-state index in [0.717, 1.165) is 0 Å². The third-order valence-corrected chi connectivity index (χ3v) is 12.0. The van der Waals surface area contributed by atoms with Crippen molar-refractivity contribution < 1.29 is 57.8 Å². The van der Waals surface area contributed by atoms with Gasteiger partial charge >= 0.3 is 0 Å². The molecule has 7 heteroatoms. The zero-order chi connectivity index (χ0) is 65.1. The predicted molar refractivity (Wildman–Crippen MR) is 288 cm³/mol. The van der Waals surface area contributed by atoms with E-state index in [1.54, 1.807) is 119 Å². The molecule has 13 aromatic rings. The monoisotopic (exact) mass is 1130 g/mol. The minimum absolute atomic E-state index is 0. The molecule has 0 bridgehead atoms. The number of nitrogens with zero attached hydrogens (tertiary/aromatic N) is 5. The third kappa shape index (κ3) is 7.89. The number of fused-ring (bicyclic) bond motifs is 7. The number of benzene rings is 9. The van der Waals surface area contributed by atoms with Crippen molar-refractivity contribution in [1.29, 1.82) is 0 Å². The van der Waals surface area contributed by atoms with E-state index in [0.29, 0.717) is 49.9 Å². The quantitative estimate of drug-likeness (QED) is 0.107. The maximum Gasteiger partial charge on any atom is 0.268 e. The van der Waals surface area contributed by atoms with Gasteiger partial charge in [-0.2, -0.15) is 18.2 Å². The molecule has 4 aromatic heterocycles. The second-order valence-corrected chi connectivity index (χ2v) is 17.6. The molecule has 0 N–H and O–H groups in total. The van der Waals surface area contributed by atoms with Crippen molar-refractivity contribution in [3.63, 3.8) is 0 Å². The number of ether oxygens (including phenoxy) is 1. The van der Waals surface area contributed by atoms with E-state index in [1.165, 1.54) is 29.0 Å². The Kier molecular flexibility index (Phi) is 7.03. The number of pyridine rings is 1. The van der Waals surface area contributed by atoms with Crippen LogP contribution in [0.3, 0.4) is 0 Å². The number of hydrogen-bond acceptors (Lipinski definition) is 2. The first-order valence-electron chi connectivity index (χ1n) is 32.5. The van der Waals surface area contributed by atoms with Crippen LogP contribution in [0.2, 0.25) is 0 Å². The Morgan fingerprint density at radius 3 is 1.94 bits per heavy atom. The van der Waals surface area contributed by atoms with Gasteiger partial charge in [0.05, 0.1) is 52.4 Å². The summed E-state index contributed by atoms with van der Waals surface area (Å²) in [5.74, 6) is 0.647. The molecule has 9 aromatic carbocycles. The summed E-state index contributed by atoms with van der Waals surface area (Å²) in [4.78, 5) is 4.76. The van der Waals surface area contributed by atoms with Crippen molar-refractivity contribution in [1.82, 2.24) is 18.7 Å². The van der Waals surface area contributed by atoms with E-state index in [-0.39, 0.29) is 88.0 Å². The number of rotatable bonds is 9. The molecule has 13 rings (SSSR count). The molecule has 0 aliphatic carbocycles. The second kappa shape index (κ2) is 18.1. The number of aromatic nitrogens is 5. The van der Waals surface area contributed by atoms with Gasteiger partial charge in [-0.05, 0) is 93.1 Å². The molecule has 6 nitrogen and oxygen atoms in total. The molecule has 0 amide bonds.